The summed E-state index contributed by atoms with van der Waals surface area (Å²) in [6.07, 6.45) is 17.4. The Morgan fingerprint density at radius 1 is 0.841 bits per heavy atom. The Labute approximate surface area is 277 Å². The number of nitrogens with zero attached hydrogens (tertiary/aromatic N) is 2. The van der Waals surface area contributed by atoms with E-state index in [9.17, 15) is 9.90 Å². The first kappa shape index (κ1) is 34.0. The van der Waals surface area contributed by atoms with Crippen LogP contribution in [0.3, 0.4) is 0 Å². The van der Waals surface area contributed by atoms with Crippen molar-refractivity contribution in [3.8, 4) is 11.3 Å². The molecule has 3 aliphatic rings. The molecule has 235 valence electrons. The van der Waals surface area contributed by atoms with E-state index in [1.165, 1.54) is 73.8 Å². The third kappa shape index (κ3) is 7.85. The molecule has 3 aliphatic carbocycles. The summed E-state index contributed by atoms with van der Waals surface area (Å²) in [6, 6.07) is 22.7. The van der Waals surface area contributed by atoms with E-state index in [4.69, 9.17) is 0 Å². The fourth-order valence-corrected chi connectivity index (χ4v) is 7.29. The molecule has 1 radical (unpaired) electrons. The van der Waals surface area contributed by atoms with Gasteiger partial charge in [0.15, 0.2) is 5.78 Å². The zero-order valence-electron chi connectivity index (χ0n) is 25.2. The first-order chi connectivity index (χ1) is 20.6. The van der Waals surface area contributed by atoms with Crippen LogP contribution in [-0.2, 0) is 24.9 Å². The number of carbonyl (C=O) groups excluding carboxylic acids is 1. The fraction of sp³-hybridized carbons (Fsp3) is 0.462. The van der Waals surface area contributed by atoms with E-state index in [1.54, 1.807) is 6.33 Å². The molecule has 7 rings (SSSR count). The van der Waals surface area contributed by atoms with Gasteiger partial charge in [0.05, 0.1) is 11.3 Å². The molecule has 0 amide bonds. The molecule has 44 heavy (non-hydrogen) atoms. The van der Waals surface area contributed by atoms with Gasteiger partial charge in [-0.05, 0) is 73.1 Å². The maximum absolute atomic E-state index is 11.8. The van der Waals surface area contributed by atoms with Crippen LogP contribution in [0.15, 0.2) is 72.8 Å². The van der Waals surface area contributed by atoms with Crippen molar-refractivity contribution < 1.29 is 30.0 Å². The second-order valence-electron chi connectivity index (χ2n) is 12.8. The van der Waals surface area contributed by atoms with Gasteiger partial charge in [0, 0.05) is 38.0 Å². The van der Waals surface area contributed by atoms with Crippen LogP contribution in [0.25, 0.3) is 32.9 Å². The van der Waals surface area contributed by atoms with E-state index in [2.05, 4.69) is 71.5 Å². The van der Waals surface area contributed by atoms with Gasteiger partial charge in [-0.15, -0.1) is 29.1 Å². The van der Waals surface area contributed by atoms with E-state index in [1.807, 2.05) is 6.07 Å². The third-order valence-corrected chi connectivity index (χ3v) is 9.93. The molecule has 1 N–H and O–H groups in total. The SMILES string of the molecule is C.CC1CCC(c2ccc3c(-c4[c-]ccc5ccccc45)ncnc3c2)CC1.O=C(C=C(O)C1CCCC1)C1CCCC1.[Ir]. The molecule has 0 saturated heterocycles. The van der Waals surface area contributed by atoms with Crippen LogP contribution < -0.4 is 0 Å². The van der Waals surface area contributed by atoms with E-state index in [0.717, 1.165) is 53.8 Å². The first-order valence-electron chi connectivity index (χ1n) is 16.2. The molecule has 0 unspecified atom stereocenters. The summed E-state index contributed by atoms with van der Waals surface area (Å²) in [6.45, 7) is 2.37. The predicted octanol–water partition coefficient (Wildman–Crippen LogP) is 10.6. The molecule has 5 heteroatoms. The smallest absolute Gasteiger partial charge is 0.162 e. The second-order valence-corrected chi connectivity index (χ2v) is 12.8. The number of ketones is 1. The van der Waals surface area contributed by atoms with Gasteiger partial charge in [0.1, 0.15) is 6.33 Å². The summed E-state index contributed by atoms with van der Waals surface area (Å²) in [5, 5.41) is 13.3. The molecule has 3 saturated carbocycles. The van der Waals surface area contributed by atoms with Gasteiger partial charge in [-0.1, -0.05) is 94.7 Å². The van der Waals surface area contributed by atoms with Crippen molar-refractivity contribution in [2.75, 3.05) is 0 Å². The Balaban J connectivity index is 0.000000223. The molecule has 4 aromatic rings. The molecule has 0 spiro atoms. The Bertz CT molecular complexity index is 1560. The number of aliphatic hydroxyl groups is 1. The zero-order chi connectivity index (χ0) is 28.9. The molecule has 0 atom stereocenters. The van der Waals surface area contributed by atoms with Crippen LogP contribution in [0.5, 0.6) is 0 Å². The third-order valence-electron chi connectivity index (χ3n) is 9.93. The Morgan fingerprint density at radius 2 is 1.52 bits per heavy atom. The number of fused-ring (bicyclic) bond motifs is 2. The van der Waals surface area contributed by atoms with Gasteiger partial charge in [-0.25, -0.2) is 4.98 Å². The van der Waals surface area contributed by atoms with Gasteiger partial charge in [0.2, 0.25) is 0 Å². The normalized spacial score (nSPS) is 20.9. The van der Waals surface area contributed by atoms with Crippen molar-refractivity contribution in [3.63, 3.8) is 0 Å². The van der Waals surface area contributed by atoms with Gasteiger partial charge >= 0.3 is 0 Å². The molecule has 3 aromatic carbocycles. The summed E-state index contributed by atoms with van der Waals surface area (Å²) in [5.41, 5.74) is 4.50. The van der Waals surface area contributed by atoms with Gasteiger partial charge in [0.25, 0.3) is 0 Å². The summed E-state index contributed by atoms with van der Waals surface area (Å²) in [7, 11) is 0. The van der Waals surface area contributed by atoms with E-state index in [0.29, 0.717) is 11.7 Å². The van der Waals surface area contributed by atoms with Gasteiger partial charge in [-0.2, -0.15) is 0 Å². The van der Waals surface area contributed by atoms with Crippen molar-refractivity contribution >= 4 is 27.5 Å². The van der Waals surface area contributed by atoms with Crippen LogP contribution in [-0.4, -0.2) is 20.9 Å². The standard InChI is InChI=1S/C25H23N2.C13H20O2.CH4.Ir/c1-17-9-11-18(12-10-17)20-13-14-23-24(15-20)26-16-27-25(23)22-8-4-6-19-5-2-3-7-21(19)22;14-12(10-5-1-2-6-10)9-13(15)11-7-3-4-8-11;;/h2-7,13-18H,9-12H2,1H3;9-11,14H,1-8H2;1H4;/q-1;;;. The summed E-state index contributed by atoms with van der Waals surface area (Å²) >= 11 is 0. The molecule has 1 aromatic heterocycles. The molecule has 0 bridgehead atoms. The predicted molar refractivity (Wildman–Crippen MR) is 178 cm³/mol. The summed E-state index contributed by atoms with van der Waals surface area (Å²) in [4.78, 5) is 21.0. The van der Waals surface area contributed by atoms with Crippen molar-refractivity contribution in [2.24, 2.45) is 17.8 Å². The van der Waals surface area contributed by atoms with E-state index < -0.39 is 0 Å². The van der Waals surface area contributed by atoms with Gasteiger partial charge < -0.3 is 5.11 Å². The molecule has 3 fully saturated rings. The minimum absolute atomic E-state index is 0. The summed E-state index contributed by atoms with van der Waals surface area (Å²) < 4.78 is 0. The molecule has 0 aliphatic heterocycles. The van der Waals surface area contributed by atoms with Crippen LogP contribution in [0.1, 0.15) is 103 Å². The Morgan fingerprint density at radius 3 is 2.25 bits per heavy atom. The number of allylic oxidation sites excluding steroid dienone is 2. The average Bonchev–Trinajstić information content (AvgIpc) is 3.77. The largest absolute Gasteiger partial charge is 0.512 e. The second kappa shape index (κ2) is 15.9. The maximum Gasteiger partial charge on any atom is 0.162 e. The van der Waals surface area contributed by atoms with Crippen molar-refractivity contribution in [1.29, 1.82) is 0 Å². The molecular weight excluding hydrogens is 721 g/mol. The number of rotatable bonds is 5. The number of benzene rings is 3. The number of hydrogen-bond acceptors (Lipinski definition) is 4. The van der Waals surface area contributed by atoms with Crippen LogP contribution in [0, 0.1) is 23.8 Å². The van der Waals surface area contributed by atoms with Crippen LogP contribution in [0.4, 0.5) is 0 Å². The van der Waals surface area contributed by atoms with Gasteiger partial charge in [-0.3, -0.25) is 9.78 Å². The van der Waals surface area contributed by atoms with Crippen LogP contribution in [0.2, 0.25) is 0 Å². The minimum Gasteiger partial charge on any atom is -0.512 e. The maximum atomic E-state index is 11.8. The number of carbonyl (C=O) groups is 1. The average molecular weight is 768 g/mol. The zero-order valence-corrected chi connectivity index (χ0v) is 27.6. The molecule has 1 heterocycles. The molecule has 4 nitrogen and oxygen atoms in total. The topological polar surface area (TPSA) is 63.1 Å². The van der Waals surface area contributed by atoms with E-state index >= 15 is 0 Å². The Hall–Kier alpha value is -2.88. The Kier molecular flexibility index (Phi) is 12.3. The van der Waals surface area contributed by atoms with Crippen LogP contribution >= 0.6 is 0 Å². The number of hydrogen-bond donors (Lipinski definition) is 1. The number of aliphatic hydroxyl groups excluding tert-OH is 1. The van der Waals surface area contributed by atoms with Crippen molar-refractivity contribution in [3.05, 3.63) is 84.4 Å². The monoisotopic (exact) mass is 768 g/mol. The van der Waals surface area contributed by atoms with Crippen molar-refractivity contribution in [2.45, 2.75) is 97.3 Å². The molecular formula is C39H47IrN2O2-. The number of aromatic nitrogens is 2. The van der Waals surface area contributed by atoms with Crippen molar-refractivity contribution in [1.82, 2.24) is 9.97 Å². The van der Waals surface area contributed by atoms with E-state index in [-0.39, 0.29) is 45.2 Å². The quantitative estimate of drug-likeness (QED) is 0.125. The minimum atomic E-state index is 0. The summed E-state index contributed by atoms with van der Waals surface area (Å²) in [5.74, 6) is 2.54. The first-order valence-corrected chi connectivity index (χ1v) is 16.2. The fourth-order valence-electron chi connectivity index (χ4n) is 7.29.